The molecule has 4 rings (SSSR count). The lowest BCUT2D eigenvalue weighted by atomic mass is 10.1. The minimum atomic E-state index is -0.509. The predicted molar refractivity (Wildman–Crippen MR) is 89.5 cm³/mol. The maximum absolute atomic E-state index is 11.9. The average molecular weight is 334 g/mol. The van der Waals surface area contributed by atoms with Crippen LogP contribution >= 0.6 is 0 Å². The molecule has 0 saturated heterocycles. The lowest BCUT2D eigenvalue weighted by Gasteiger charge is -2.13. The molecule has 0 fully saturated rings. The van der Waals surface area contributed by atoms with Crippen molar-refractivity contribution in [3.8, 4) is 22.8 Å². The molecule has 0 atom stereocenters. The van der Waals surface area contributed by atoms with E-state index in [0.29, 0.717) is 47.1 Å². The Balaban J connectivity index is 1.74. The van der Waals surface area contributed by atoms with Gasteiger partial charge in [-0.3, -0.25) is 14.3 Å². The Morgan fingerprint density at radius 1 is 1.20 bits per heavy atom. The summed E-state index contributed by atoms with van der Waals surface area (Å²) in [5.41, 5.74) is 8.10. The van der Waals surface area contributed by atoms with Crippen LogP contribution in [0.5, 0.6) is 0 Å². The summed E-state index contributed by atoms with van der Waals surface area (Å²) >= 11 is 0. The summed E-state index contributed by atoms with van der Waals surface area (Å²) in [6.07, 6.45) is 1.62. The third-order valence-corrected chi connectivity index (χ3v) is 3.95. The number of carbonyl (C=O) groups excluding carboxylic acids is 2. The minimum Gasteiger partial charge on any atom is -0.366 e. The van der Waals surface area contributed by atoms with Crippen LogP contribution in [-0.2, 0) is 6.54 Å². The van der Waals surface area contributed by atoms with Gasteiger partial charge in [0.2, 0.25) is 5.91 Å². The van der Waals surface area contributed by atoms with Gasteiger partial charge in [0.1, 0.15) is 11.4 Å². The van der Waals surface area contributed by atoms with Gasteiger partial charge in [-0.1, -0.05) is 12.1 Å². The van der Waals surface area contributed by atoms with Crippen LogP contribution in [0, 0.1) is 0 Å². The Morgan fingerprint density at radius 3 is 2.88 bits per heavy atom. The number of benzene rings is 1. The molecule has 1 aromatic carbocycles. The van der Waals surface area contributed by atoms with Crippen molar-refractivity contribution in [2.75, 3.05) is 6.54 Å². The van der Waals surface area contributed by atoms with Crippen LogP contribution in [0.1, 0.15) is 20.8 Å². The quantitative estimate of drug-likeness (QED) is 0.736. The first-order valence-corrected chi connectivity index (χ1v) is 7.71. The predicted octanol–water partition coefficient (Wildman–Crippen LogP) is 0.849. The average Bonchev–Trinajstić information content (AvgIpc) is 3.08. The highest BCUT2D eigenvalue weighted by Gasteiger charge is 2.20. The molecule has 124 valence electrons. The first-order chi connectivity index (χ1) is 12.1. The van der Waals surface area contributed by atoms with Gasteiger partial charge in [0.05, 0.1) is 12.2 Å². The second-order valence-electron chi connectivity index (χ2n) is 5.60. The summed E-state index contributed by atoms with van der Waals surface area (Å²) in [6.45, 7) is 1.18. The number of hydrogen-bond acceptors (Lipinski definition) is 5. The first-order valence-electron chi connectivity index (χ1n) is 7.71. The third-order valence-electron chi connectivity index (χ3n) is 3.95. The van der Waals surface area contributed by atoms with E-state index in [2.05, 4.69) is 20.4 Å². The first kappa shape index (κ1) is 15.0. The van der Waals surface area contributed by atoms with Crippen molar-refractivity contribution in [3.63, 3.8) is 0 Å². The van der Waals surface area contributed by atoms with Crippen LogP contribution in [0.2, 0.25) is 0 Å². The zero-order valence-corrected chi connectivity index (χ0v) is 13.1. The largest absolute Gasteiger partial charge is 0.366 e. The molecule has 2 amide bonds. The molecule has 8 heteroatoms. The van der Waals surface area contributed by atoms with E-state index in [1.165, 1.54) is 0 Å². The number of primary amides is 1. The molecular weight excluding hydrogens is 320 g/mol. The van der Waals surface area contributed by atoms with Crippen molar-refractivity contribution in [3.05, 3.63) is 53.9 Å². The van der Waals surface area contributed by atoms with Gasteiger partial charge in [-0.25, -0.2) is 9.97 Å². The number of carbonyl (C=O) groups is 2. The van der Waals surface area contributed by atoms with E-state index in [-0.39, 0.29) is 5.91 Å². The number of rotatable bonds is 3. The Labute approximate surface area is 142 Å². The van der Waals surface area contributed by atoms with Crippen LogP contribution < -0.4 is 11.1 Å². The number of nitrogens with two attached hydrogens (primary N) is 1. The number of fused-ring (bicyclic) bond motifs is 1. The van der Waals surface area contributed by atoms with E-state index in [1.807, 2.05) is 0 Å². The molecule has 3 heterocycles. The maximum Gasteiger partial charge on any atom is 0.269 e. The van der Waals surface area contributed by atoms with Gasteiger partial charge in [0, 0.05) is 23.9 Å². The normalized spacial score (nSPS) is 13.2. The highest BCUT2D eigenvalue weighted by molar-refractivity contribution is 5.94. The zero-order chi connectivity index (χ0) is 17.4. The van der Waals surface area contributed by atoms with E-state index in [9.17, 15) is 9.59 Å². The van der Waals surface area contributed by atoms with Crippen LogP contribution in [0.15, 0.2) is 42.6 Å². The van der Waals surface area contributed by atoms with Crippen LogP contribution in [0.3, 0.4) is 0 Å². The van der Waals surface area contributed by atoms with Gasteiger partial charge in [0.25, 0.3) is 5.91 Å². The van der Waals surface area contributed by atoms with E-state index < -0.39 is 5.91 Å². The number of nitrogens with one attached hydrogen (secondary N) is 1. The smallest absolute Gasteiger partial charge is 0.269 e. The molecule has 0 saturated carbocycles. The van der Waals surface area contributed by atoms with E-state index in [4.69, 9.17) is 5.73 Å². The Bertz CT molecular complexity index is 994. The van der Waals surface area contributed by atoms with Crippen molar-refractivity contribution < 1.29 is 9.59 Å². The topological polar surface area (TPSA) is 116 Å². The van der Waals surface area contributed by atoms with E-state index in [0.717, 1.165) is 0 Å². The molecule has 0 unspecified atom stereocenters. The molecule has 2 aromatic heterocycles. The standard InChI is InChI=1S/C17H14N6O2/c18-15(24)10-2-1-3-11(8-10)16-19-5-4-12(21-16)13-9-14-17(25)20-6-7-23(14)22-13/h1-5,8-9H,6-7H2,(H2,18,24)(H,20,25). The van der Waals surface area contributed by atoms with Crippen LogP contribution in [-0.4, -0.2) is 38.1 Å². The molecule has 1 aliphatic heterocycles. The van der Waals surface area contributed by atoms with Gasteiger partial charge in [-0.15, -0.1) is 0 Å². The summed E-state index contributed by atoms with van der Waals surface area (Å²) in [4.78, 5) is 32.0. The second-order valence-corrected chi connectivity index (χ2v) is 5.60. The summed E-state index contributed by atoms with van der Waals surface area (Å²) in [6, 6.07) is 10.3. The van der Waals surface area contributed by atoms with Crippen molar-refractivity contribution in [2.45, 2.75) is 6.54 Å². The lowest BCUT2D eigenvalue weighted by molar-refractivity contribution is 0.0923. The van der Waals surface area contributed by atoms with Crippen molar-refractivity contribution in [1.29, 1.82) is 0 Å². The van der Waals surface area contributed by atoms with Gasteiger partial charge < -0.3 is 11.1 Å². The van der Waals surface area contributed by atoms with Gasteiger partial charge in [-0.05, 0) is 24.3 Å². The van der Waals surface area contributed by atoms with Crippen molar-refractivity contribution in [1.82, 2.24) is 25.1 Å². The summed E-state index contributed by atoms with van der Waals surface area (Å²) < 4.78 is 1.67. The van der Waals surface area contributed by atoms with Gasteiger partial charge in [-0.2, -0.15) is 5.10 Å². The van der Waals surface area contributed by atoms with Crippen LogP contribution in [0.4, 0.5) is 0 Å². The number of amides is 2. The highest BCUT2D eigenvalue weighted by atomic mass is 16.2. The molecule has 0 spiro atoms. The minimum absolute atomic E-state index is 0.145. The molecule has 8 nitrogen and oxygen atoms in total. The molecule has 0 bridgehead atoms. The highest BCUT2D eigenvalue weighted by Crippen LogP contribution is 2.22. The molecule has 0 aliphatic carbocycles. The fourth-order valence-corrected chi connectivity index (χ4v) is 2.71. The van der Waals surface area contributed by atoms with Gasteiger partial charge in [0.15, 0.2) is 5.82 Å². The maximum atomic E-state index is 11.9. The second kappa shape index (κ2) is 5.82. The molecule has 0 radical (unpaired) electrons. The number of aromatic nitrogens is 4. The van der Waals surface area contributed by atoms with Gasteiger partial charge >= 0.3 is 0 Å². The molecule has 25 heavy (non-hydrogen) atoms. The molecular formula is C17H14N6O2. The summed E-state index contributed by atoms with van der Waals surface area (Å²) in [5, 5.41) is 7.22. The SMILES string of the molecule is NC(=O)c1cccc(-c2nccc(-c3cc4n(n3)CCNC4=O)n2)c1. The number of nitrogens with zero attached hydrogens (tertiary/aromatic N) is 4. The molecule has 3 aromatic rings. The third kappa shape index (κ3) is 2.74. The fraction of sp³-hybridized carbons (Fsp3) is 0.118. The van der Waals surface area contributed by atoms with Crippen molar-refractivity contribution in [2.24, 2.45) is 5.73 Å². The number of hydrogen-bond donors (Lipinski definition) is 2. The Hall–Kier alpha value is -3.55. The van der Waals surface area contributed by atoms with Crippen LogP contribution in [0.25, 0.3) is 22.8 Å². The summed E-state index contributed by atoms with van der Waals surface area (Å²) in [7, 11) is 0. The lowest BCUT2D eigenvalue weighted by Crippen LogP contribution is -2.35. The molecule has 3 N–H and O–H groups in total. The van der Waals surface area contributed by atoms with E-state index >= 15 is 0 Å². The monoisotopic (exact) mass is 334 g/mol. The Kier molecular flexibility index (Phi) is 3.50. The summed E-state index contributed by atoms with van der Waals surface area (Å²) in [5.74, 6) is -0.199. The Morgan fingerprint density at radius 2 is 2.08 bits per heavy atom. The van der Waals surface area contributed by atoms with Crippen molar-refractivity contribution >= 4 is 11.8 Å². The van der Waals surface area contributed by atoms with E-state index in [1.54, 1.807) is 47.3 Å². The fourth-order valence-electron chi connectivity index (χ4n) is 2.71. The molecule has 1 aliphatic rings. The zero-order valence-electron chi connectivity index (χ0n) is 13.1.